The standard InChI is InChI=1S/C19H16FNO2S2/c20-13-3-5-14(6-4-13)23-12-18(22)21-9-7-16-15(8-11-25-16)19(21)17-2-1-10-24-17/h1-6,8,10-11,19H,7,9,12H2. The largest absolute Gasteiger partial charge is 0.484 e. The summed E-state index contributed by atoms with van der Waals surface area (Å²) in [5.74, 6) is 0.118. The summed E-state index contributed by atoms with van der Waals surface area (Å²) in [4.78, 5) is 17.2. The van der Waals surface area contributed by atoms with Crippen molar-refractivity contribution in [2.24, 2.45) is 0 Å². The third-order valence-corrected chi connectivity index (χ3v) is 6.20. The number of fused-ring (bicyclic) bond motifs is 1. The van der Waals surface area contributed by atoms with E-state index in [0.717, 1.165) is 11.3 Å². The van der Waals surface area contributed by atoms with Crippen molar-refractivity contribution in [2.45, 2.75) is 12.5 Å². The van der Waals surface area contributed by atoms with Gasteiger partial charge in [0.1, 0.15) is 11.6 Å². The SMILES string of the molecule is O=C(COc1ccc(F)cc1)N1CCc2sccc2C1c1cccs1. The van der Waals surface area contributed by atoms with Gasteiger partial charge in [0.05, 0.1) is 6.04 Å². The average molecular weight is 373 g/mol. The van der Waals surface area contributed by atoms with E-state index in [-0.39, 0.29) is 24.4 Å². The van der Waals surface area contributed by atoms with Crippen LogP contribution in [-0.2, 0) is 11.2 Å². The quantitative estimate of drug-likeness (QED) is 0.674. The number of thiophene rings is 2. The van der Waals surface area contributed by atoms with Crippen molar-refractivity contribution in [3.63, 3.8) is 0 Å². The third kappa shape index (κ3) is 3.32. The number of hydrogen-bond donors (Lipinski definition) is 0. The lowest BCUT2D eigenvalue weighted by molar-refractivity contribution is -0.135. The molecule has 0 saturated carbocycles. The van der Waals surface area contributed by atoms with Crippen LogP contribution in [0.2, 0.25) is 0 Å². The fourth-order valence-electron chi connectivity index (χ4n) is 3.10. The topological polar surface area (TPSA) is 29.5 Å². The molecule has 3 nitrogen and oxygen atoms in total. The number of carbonyl (C=O) groups is 1. The smallest absolute Gasteiger partial charge is 0.261 e. The molecule has 0 aliphatic carbocycles. The van der Waals surface area contributed by atoms with Gasteiger partial charge in [0.15, 0.2) is 6.61 Å². The Hall–Kier alpha value is -2.18. The van der Waals surface area contributed by atoms with Gasteiger partial charge in [-0.05, 0) is 59.1 Å². The highest BCUT2D eigenvalue weighted by Crippen LogP contribution is 2.39. The molecule has 3 heterocycles. The Labute approximate surface area is 153 Å². The third-order valence-electron chi connectivity index (χ3n) is 4.27. The normalized spacial score (nSPS) is 16.5. The van der Waals surface area contributed by atoms with Crippen LogP contribution >= 0.6 is 22.7 Å². The second kappa shape index (κ2) is 6.98. The molecule has 4 rings (SSSR count). The van der Waals surface area contributed by atoms with Crippen LogP contribution in [0.4, 0.5) is 4.39 Å². The van der Waals surface area contributed by atoms with Crippen molar-refractivity contribution in [1.29, 1.82) is 0 Å². The van der Waals surface area contributed by atoms with Crippen LogP contribution in [-0.4, -0.2) is 24.0 Å². The number of hydrogen-bond acceptors (Lipinski definition) is 4. The zero-order chi connectivity index (χ0) is 17.2. The van der Waals surface area contributed by atoms with Crippen LogP contribution in [0.15, 0.2) is 53.2 Å². The Morgan fingerprint density at radius 2 is 2.00 bits per heavy atom. The van der Waals surface area contributed by atoms with Crippen molar-refractivity contribution in [2.75, 3.05) is 13.2 Å². The zero-order valence-electron chi connectivity index (χ0n) is 13.4. The number of carbonyl (C=O) groups excluding carboxylic acids is 1. The molecule has 0 bridgehead atoms. The number of ether oxygens (including phenoxy) is 1. The molecular formula is C19H16FNO2S2. The molecule has 2 aromatic heterocycles. The summed E-state index contributed by atoms with van der Waals surface area (Å²) < 4.78 is 18.5. The van der Waals surface area contributed by atoms with E-state index in [1.807, 2.05) is 16.3 Å². The average Bonchev–Trinajstić information content (AvgIpc) is 3.31. The van der Waals surface area contributed by atoms with Gasteiger partial charge >= 0.3 is 0 Å². The van der Waals surface area contributed by atoms with E-state index in [1.54, 1.807) is 22.7 Å². The molecule has 3 aromatic rings. The Balaban J connectivity index is 1.53. The summed E-state index contributed by atoms with van der Waals surface area (Å²) in [6.07, 6.45) is 0.872. The minimum Gasteiger partial charge on any atom is -0.484 e. The maximum absolute atomic E-state index is 13.0. The van der Waals surface area contributed by atoms with Crippen molar-refractivity contribution in [3.8, 4) is 5.75 Å². The van der Waals surface area contributed by atoms with E-state index in [1.165, 1.54) is 34.7 Å². The van der Waals surface area contributed by atoms with Gasteiger partial charge in [0.25, 0.3) is 5.91 Å². The molecule has 1 aliphatic rings. The number of benzene rings is 1. The molecule has 0 saturated heterocycles. The molecule has 0 fully saturated rings. The van der Waals surface area contributed by atoms with Gasteiger partial charge < -0.3 is 9.64 Å². The van der Waals surface area contributed by atoms with Gasteiger partial charge in [-0.15, -0.1) is 22.7 Å². The number of nitrogens with zero attached hydrogens (tertiary/aromatic N) is 1. The number of rotatable bonds is 4. The molecule has 0 spiro atoms. The predicted octanol–water partition coefficient (Wildman–Crippen LogP) is 4.50. The second-order valence-corrected chi connectivity index (χ2v) is 7.78. The summed E-state index contributed by atoms with van der Waals surface area (Å²) >= 11 is 3.41. The fraction of sp³-hybridized carbons (Fsp3) is 0.211. The first-order chi connectivity index (χ1) is 12.2. The summed E-state index contributed by atoms with van der Waals surface area (Å²) in [6.45, 7) is 0.634. The Morgan fingerprint density at radius 3 is 2.76 bits per heavy atom. The van der Waals surface area contributed by atoms with Gasteiger partial charge in [-0.2, -0.15) is 0 Å². The van der Waals surface area contributed by atoms with Crippen molar-refractivity contribution in [1.82, 2.24) is 4.90 Å². The number of amides is 1. The van der Waals surface area contributed by atoms with Gasteiger partial charge in [0.2, 0.25) is 0 Å². The Morgan fingerprint density at radius 1 is 1.16 bits per heavy atom. The summed E-state index contributed by atoms with van der Waals surface area (Å²) in [5, 5.41) is 4.13. The molecule has 1 amide bonds. The Bertz CT molecular complexity index is 858. The molecule has 1 atom stereocenters. The first kappa shape index (κ1) is 16.3. The zero-order valence-corrected chi connectivity index (χ0v) is 15.0. The minimum atomic E-state index is -0.322. The van der Waals surface area contributed by atoms with Crippen molar-refractivity contribution < 1.29 is 13.9 Å². The summed E-state index contributed by atoms with van der Waals surface area (Å²) in [7, 11) is 0. The molecule has 1 aromatic carbocycles. The summed E-state index contributed by atoms with van der Waals surface area (Å²) in [5.41, 5.74) is 1.22. The van der Waals surface area contributed by atoms with E-state index in [0.29, 0.717) is 12.3 Å². The molecule has 0 N–H and O–H groups in total. The van der Waals surface area contributed by atoms with Crippen molar-refractivity contribution in [3.05, 3.63) is 74.4 Å². The van der Waals surface area contributed by atoms with Gasteiger partial charge in [-0.1, -0.05) is 6.07 Å². The predicted molar refractivity (Wildman–Crippen MR) is 97.8 cm³/mol. The lowest BCUT2D eigenvalue weighted by atomic mass is 9.98. The minimum absolute atomic E-state index is 0.0423. The van der Waals surface area contributed by atoms with E-state index >= 15 is 0 Å². The summed E-state index contributed by atoms with van der Waals surface area (Å²) in [6, 6.07) is 11.9. The highest BCUT2D eigenvalue weighted by molar-refractivity contribution is 7.10. The van der Waals surface area contributed by atoms with Gasteiger partial charge in [0, 0.05) is 16.3 Å². The maximum atomic E-state index is 13.0. The van der Waals surface area contributed by atoms with Crippen LogP contribution < -0.4 is 4.74 Å². The molecule has 1 unspecified atom stereocenters. The van der Waals surface area contributed by atoms with Crippen LogP contribution in [0, 0.1) is 5.82 Å². The van der Waals surface area contributed by atoms with Crippen LogP contribution in [0.5, 0.6) is 5.75 Å². The Kier molecular flexibility index (Phi) is 4.55. The molecule has 0 radical (unpaired) electrons. The van der Waals surface area contributed by atoms with E-state index in [9.17, 15) is 9.18 Å². The van der Waals surface area contributed by atoms with Crippen LogP contribution in [0.1, 0.15) is 21.4 Å². The van der Waals surface area contributed by atoms with Crippen LogP contribution in [0.25, 0.3) is 0 Å². The van der Waals surface area contributed by atoms with E-state index in [2.05, 4.69) is 17.5 Å². The molecular weight excluding hydrogens is 357 g/mol. The first-order valence-corrected chi connectivity index (χ1v) is 9.76. The molecule has 25 heavy (non-hydrogen) atoms. The first-order valence-electron chi connectivity index (χ1n) is 8.00. The lowest BCUT2D eigenvalue weighted by Gasteiger charge is -2.35. The van der Waals surface area contributed by atoms with Gasteiger partial charge in [-0.25, -0.2) is 4.39 Å². The van der Waals surface area contributed by atoms with Gasteiger partial charge in [-0.3, -0.25) is 4.79 Å². The van der Waals surface area contributed by atoms with Crippen molar-refractivity contribution >= 4 is 28.6 Å². The highest BCUT2D eigenvalue weighted by Gasteiger charge is 2.33. The monoisotopic (exact) mass is 373 g/mol. The van der Waals surface area contributed by atoms with Crippen LogP contribution in [0.3, 0.4) is 0 Å². The molecule has 1 aliphatic heterocycles. The number of halogens is 1. The molecule has 6 heteroatoms. The maximum Gasteiger partial charge on any atom is 0.261 e. The second-order valence-electron chi connectivity index (χ2n) is 5.80. The van der Waals surface area contributed by atoms with E-state index in [4.69, 9.17) is 4.74 Å². The highest BCUT2D eigenvalue weighted by atomic mass is 32.1. The molecule has 128 valence electrons. The van der Waals surface area contributed by atoms with E-state index < -0.39 is 0 Å². The fourth-order valence-corrected chi connectivity index (χ4v) is 4.86. The lowest BCUT2D eigenvalue weighted by Crippen LogP contribution is -2.42.